The van der Waals surface area contributed by atoms with E-state index in [0.717, 1.165) is 29.8 Å². The molecule has 7 nitrogen and oxygen atoms in total. The first-order valence-electron chi connectivity index (χ1n) is 9.73. The van der Waals surface area contributed by atoms with Gasteiger partial charge in [-0.2, -0.15) is 5.10 Å². The minimum atomic E-state index is -0.142. The molecule has 1 aliphatic heterocycles. The van der Waals surface area contributed by atoms with Crippen molar-refractivity contribution in [3.63, 3.8) is 0 Å². The Balaban J connectivity index is 1.40. The summed E-state index contributed by atoms with van der Waals surface area (Å²) in [5.41, 5.74) is 3.48. The van der Waals surface area contributed by atoms with Crippen LogP contribution < -0.4 is 5.32 Å². The van der Waals surface area contributed by atoms with Crippen LogP contribution >= 0.6 is 0 Å². The first kappa shape index (κ1) is 18.9. The van der Waals surface area contributed by atoms with Gasteiger partial charge >= 0.3 is 0 Å². The van der Waals surface area contributed by atoms with Gasteiger partial charge in [-0.25, -0.2) is 9.67 Å². The van der Waals surface area contributed by atoms with Crippen LogP contribution in [0.5, 0.6) is 0 Å². The van der Waals surface area contributed by atoms with Crippen LogP contribution in [0.3, 0.4) is 0 Å². The van der Waals surface area contributed by atoms with Gasteiger partial charge in [0, 0.05) is 25.1 Å². The molecular formula is C22H23N5O2. The standard InChI is InChI=1S/C22H23N5O2/c1-16(18-7-9-20(10-8-18)27-15-23-14-24-27)25-22(29)19-5-2-4-17(12-19)13-26-11-3-6-21(26)28/h2,4-5,7-10,12,14-16H,3,6,11,13H2,1H3,(H,25,29). The van der Waals surface area contributed by atoms with Crippen LogP contribution in [-0.4, -0.2) is 38.0 Å². The molecule has 1 fully saturated rings. The smallest absolute Gasteiger partial charge is 0.251 e. The minimum Gasteiger partial charge on any atom is -0.346 e. The molecule has 148 valence electrons. The molecule has 1 atom stereocenters. The molecule has 1 N–H and O–H groups in total. The van der Waals surface area contributed by atoms with Gasteiger partial charge < -0.3 is 10.2 Å². The molecule has 0 spiro atoms. The molecule has 2 heterocycles. The summed E-state index contributed by atoms with van der Waals surface area (Å²) in [5.74, 6) is 0.0512. The monoisotopic (exact) mass is 389 g/mol. The van der Waals surface area contributed by atoms with Gasteiger partial charge in [-0.15, -0.1) is 0 Å². The third-order valence-corrected chi connectivity index (χ3v) is 5.16. The highest BCUT2D eigenvalue weighted by molar-refractivity contribution is 5.94. The lowest BCUT2D eigenvalue weighted by molar-refractivity contribution is -0.128. The molecule has 2 aromatic carbocycles. The molecular weight excluding hydrogens is 366 g/mol. The fraction of sp³-hybridized carbons (Fsp3) is 0.273. The molecule has 0 aliphatic carbocycles. The second-order valence-electron chi connectivity index (χ2n) is 7.25. The number of hydrogen-bond donors (Lipinski definition) is 1. The topological polar surface area (TPSA) is 80.1 Å². The van der Waals surface area contributed by atoms with Crippen LogP contribution in [0.1, 0.15) is 47.3 Å². The largest absolute Gasteiger partial charge is 0.346 e. The lowest BCUT2D eigenvalue weighted by Crippen LogP contribution is -2.27. The van der Waals surface area contributed by atoms with Gasteiger partial charge in [0.15, 0.2) is 0 Å². The summed E-state index contributed by atoms with van der Waals surface area (Å²) in [6.07, 6.45) is 4.66. The van der Waals surface area contributed by atoms with Crippen molar-refractivity contribution in [2.24, 2.45) is 0 Å². The number of rotatable bonds is 6. The molecule has 1 unspecified atom stereocenters. The van der Waals surface area contributed by atoms with Crippen molar-refractivity contribution in [3.05, 3.63) is 77.9 Å². The average molecular weight is 389 g/mol. The molecule has 0 bridgehead atoms. The fourth-order valence-electron chi connectivity index (χ4n) is 3.52. The summed E-state index contributed by atoms with van der Waals surface area (Å²) >= 11 is 0. The van der Waals surface area contributed by atoms with Gasteiger partial charge in [-0.3, -0.25) is 9.59 Å². The second-order valence-corrected chi connectivity index (χ2v) is 7.25. The fourth-order valence-corrected chi connectivity index (χ4v) is 3.52. The van der Waals surface area contributed by atoms with Gasteiger partial charge in [0.05, 0.1) is 11.7 Å². The van der Waals surface area contributed by atoms with Crippen molar-refractivity contribution in [2.45, 2.75) is 32.4 Å². The van der Waals surface area contributed by atoms with Crippen LogP contribution in [0.25, 0.3) is 5.69 Å². The van der Waals surface area contributed by atoms with E-state index in [4.69, 9.17) is 0 Å². The molecule has 0 saturated carbocycles. The van der Waals surface area contributed by atoms with E-state index >= 15 is 0 Å². The zero-order valence-corrected chi connectivity index (χ0v) is 16.3. The molecule has 29 heavy (non-hydrogen) atoms. The van der Waals surface area contributed by atoms with E-state index in [0.29, 0.717) is 18.5 Å². The number of nitrogens with one attached hydrogen (secondary N) is 1. The minimum absolute atomic E-state index is 0.132. The molecule has 1 saturated heterocycles. The summed E-state index contributed by atoms with van der Waals surface area (Å²) < 4.78 is 1.68. The third-order valence-electron chi connectivity index (χ3n) is 5.16. The SMILES string of the molecule is CC(NC(=O)c1cccc(CN2CCCC2=O)c1)c1ccc(-n2cncn2)cc1. The van der Waals surface area contributed by atoms with E-state index in [1.165, 1.54) is 6.33 Å². The Morgan fingerprint density at radius 1 is 1.21 bits per heavy atom. The highest BCUT2D eigenvalue weighted by Gasteiger charge is 2.20. The Kier molecular flexibility index (Phi) is 5.37. The number of amides is 2. The zero-order valence-electron chi connectivity index (χ0n) is 16.3. The van der Waals surface area contributed by atoms with Crippen molar-refractivity contribution in [2.75, 3.05) is 6.54 Å². The Morgan fingerprint density at radius 3 is 2.72 bits per heavy atom. The Labute approximate surface area is 169 Å². The Bertz CT molecular complexity index is 998. The number of likely N-dealkylation sites (tertiary alicyclic amines) is 1. The number of benzene rings is 2. The predicted molar refractivity (Wildman–Crippen MR) is 108 cm³/mol. The van der Waals surface area contributed by atoms with E-state index in [2.05, 4.69) is 15.4 Å². The van der Waals surface area contributed by atoms with E-state index in [-0.39, 0.29) is 17.9 Å². The lowest BCUT2D eigenvalue weighted by Gasteiger charge is -2.17. The van der Waals surface area contributed by atoms with E-state index in [9.17, 15) is 9.59 Å². The Morgan fingerprint density at radius 2 is 2.03 bits per heavy atom. The van der Waals surface area contributed by atoms with Crippen LogP contribution in [-0.2, 0) is 11.3 Å². The Hall–Kier alpha value is -3.48. The van der Waals surface area contributed by atoms with E-state index in [1.807, 2.05) is 54.3 Å². The second kappa shape index (κ2) is 8.26. The number of nitrogens with zero attached hydrogens (tertiary/aromatic N) is 4. The zero-order chi connectivity index (χ0) is 20.2. The third kappa shape index (κ3) is 4.34. The van der Waals surface area contributed by atoms with Gasteiger partial charge in [-0.05, 0) is 48.7 Å². The van der Waals surface area contributed by atoms with Crippen LogP contribution in [0.15, 0.2) is 61.2 Å². The normalized spacial score (nSPS) is 14.8. The molecule has 0 radical (unpaired) electrons. The highest BCUT2D eigenvalue weighted by atomic mass is 16.2. The number of hydrogen-bond acceptors (Lipinski definition) is 4. The summed E-state index contributed by atoms with van der Waals surface area (Å²) in [7, 11) is 0. The summed E-state index contributed by atoms with van der Waals surface area (Å²) in [4.78, 5) is 30.3. The van der Waals surface area contributed by atoms with Crippen LogP contribution in [0.2, 0.25) is 0 Å². The summed E-state index contributed by atoms with van der Waals surface area (Å²) in [6.45, 7) is 3.30. The number of carbonyl (C=O) groups excluding carboxylic acids is 2. The van der Waals surface area contributed by atoms with Gasteiger partial charge in [0.2, 0.25) is 5.91 Å². The maximum Gasteiger partial charge on any atom is 0.251 e. The summed E-state index contributed by atoms with van der Waals surface area (Å²) in [5, 5.41) is 7.15. The first-order valence-corrected chi connectivity index (χ1v) is 9.73. The number of aromatic nitrogens is 3. The van der Waals surface area contributed by atoms with Crippen molar-refractivity contribution < 1.29 is 9.59 Å². The molecule has 1 aromatic heterocycles. The van der Waals surface area contributed by atoms with Crippen LogP contribution in [0, 0.1) is 0 Å². The van der Waals surface area contributed by atoms with Crippen LogP contribution in [0.4, 0.5) is 0 Å². The molecule has 1 aliphatic rings. The van der Waals surface area contributed by atoms with Crippen molar-refractivity contribution in [1.82, 2.24) is 25.0 Å². The predicted octanol–water partition coefficient (Wildman–Crippen LogP) is 2.88. The van der Waals surface area contributed by atoms with Crippen molar-refractivity contribution in [1.29, 1.82) is 0 Å². The lowest BCUT2D eigenvalue weighted by atomic mass is 10.1. The maximum atomic E-state index is 12.7. The quantitative estimate of drug-likeness (QED) is 0.703. The molecule has 4 rings (SSSR count). The van der Waals surface area contributed by atoms with Crippen molar-refractivity contribution >= 4 is 11.8 Å². The van der Waals surface area contributed by atoms with Gasteiger partial charge in [0.25, 0.3) is 5.91 Å². The first-order chi connectivity index (χ1) is 14.1. The molecule has 7 heteroatoms. The van der Waals surface area contributed by atoms with E-state index in [1.54, 1.807) is 17.1 Å². The van der Waals surface area contributed by atoms with Gasteiger partial charge in [-0.1, -0.05) is 24.3 Å². The van der Waals surface area contributed by atoms with E-state index < -0.39 is 0 Å². The molecule has 2 amide bonds. The number of carbonyl (C=O) groups is 2. The highest BCUT2D eigenvalue weighted by Crippen LogP contribution is 2.18. The maximum absolute atomic E-state index is 12.7. The summed E-state index contributed by atoms with van der Waals surface area (Å²) in [6, 6.07) is 15.2. The van der Waals surface area contributed by atoms with Crippen molar-refractivity contribution in [3.8, 4) is 5.69 Å². The van der Waals surface area contributed by atoms with Gasteiger partial charge in [0.1, 0.15) is 12.7 Å². The average Bonchev–Trinajstić information content (AvgIpc) is 3.41. The molecule has 3 aromatic rings.